The van der Waals surface area contributed by atoms with Crippen molar-refractivity contribution in [3.05, 3.63) is 0 Å². The van der Waals surface area contributed by atoms with Crippen molar-refractivity contribution in [1.29, 1.82) is 0 Å². The number of hydrogen-bond acceptors (Lipinski definition) is 3. The monoisotopic (exact) mass is 344 g/mol. The Balaban J connectivity index is 3.57. The fourth-order valence-electron chi connectivity index (χ4n) is 2.07. The van der Waals surface area contributed by atoms with Crippen LogP contribution >= 0.6 is 0 Å². The van der Waals surface area contributed by atoms with Crippen molar-refractivity contribution in [1.82, 2.24) is 0 Å². The number of aliphatic carboxylic acids is 1. The molecule has 0 unspecified atom stereocenters. The van der Waals surface area contributed by atoms with Crippen molar-refractivity contribution in [2.75, 3.05) is 6.61 Å². The van der Waals surface area contributed by atoms with Crippen LogP contribution in [0.4, 0.5) is 0 Å². The largest absolute Gasteiger partial charge is 0.481 e. The topological polar surface area (TPSA) is 63.6 Å². The molecule has 0 fully saturated rings. The molecule has 0 aliphatic rings. The van der Waals surface area contributed by atoms with Crippen LogP contribution in [0.2, 0.25) is 18.1 Å². The highest BCUT2D eigenvalue weighted by Crippen LogP contribution is 2.36. The molecule has 0 bridgehead atoms. The van der Waals surface area contributed by atoms with Crippen molar-refractivity contribution < 1.29 is 19.1 Å². The third-order valence-electron chi connectivity index (χ3n) is 4.72. The van der Waals surface area contributed by atoms with E-state index in [0.29, 0.717) is 25.2 Å². The third kappa shape index (κ3) is 11.5. The average molecular weight is 345 g/mol. The van der Waals surface area contributed by atoms with Crippen LogP contribution in [0.3, 0.4) is 0 Å². The minimum Gasteiger partial charge on any atom is -0.481 e. The zero-order chi connectivity index (χ0) is 17.9. The van der Waals surface area contributed by atoms with Crippen LogP contribution in [0.25, 0.3) is 0 Å². The first-order valence-corrected chi connectivity index (χ1v) is 11.8. The normalized spacial score (nSPS) is 12.4. The Hall–Kier alpha value is -0.683. The first kappa shape index (κ1) is 22.3. The fraction of sp³-hybridized carbons (Fsp3) is 0.889. The predicted octanol–water partition coefficient (Wildman–Crippen LogP) is 5.17. The molecule has 0 aliphatic carbocycles. The summed E-state index contributed by atoms with van der Waals surface area (Å²) in [7, 11) is -1.68. The molecule has 0 atom stereocenters. The van der Waals surface area contributed by atoms with Crippen LogP contribution in [0.1, 0.15) is 78.6 Å². The van der Waals surface area contributed by atoms with Gasteiger partial charge >= 0.3 is 5.97 Å². The first-order chi connectivity index (χ1) is 10.6. The van der Waals surface area contributed by atoms with Crippen LogP contribution in [-0.2, 0) is 14.0 Å². The van der Waals surface area contributed by atoms with Gasteiger partial charge in [0.05, 0.1) is 0 Å². The average Bonchev–Trinajstić information content (AvgIpc) is 2.41. The number of Topliss-reactive ketones (excluding diaryl/α,β-unsaturated/α-hetero) is 1. The van der Waals surface area contributed by atoms with Gasteiger partial charge in [-0.1, -0.05) is 40.0 Å². The quantitative estimate of drug-likeness (QED) is 0.370. The minimum atomic E-state index is -1.68. The van der Waals surface area contributed by atoms with Gasteiger partial charge in [0, 0.05) is 25.9 Å². The molecule has 1 N–H and O–H groups in total. The second-order valence-corrected chi connectivity index (χ2v) is 12.7. The van der Waals surface area contributed by atoms with Crippen molar-refractivity contribution in [2.45, 2.75) is 96.7 Å². The van der Waals surface area contributed by atoms with E-state index < -0.39 is 14.3 Å². The summed E-state index contributed by atoms with van der Waals surface area (Å²) in [5.74, 6) is -0.394. The molecule has 0 aromatic rings. The van der Waals surface area contributed by atoms with E-state index in [4.69, 9.17) is 9.53 Å². The van der Waals surface area contributed by atoms with Gasteiger partial charge in [-0.2, -0.15) is 0 Å². The van der Waals surface area contributed by atoms with Gasteiger partial charge in [0.2, 0.25) is 0 Å². The number of ketones is 1. The molecule has 4 nitrogen and oxygen atoms in total. The van der Waals surface area contributed by atoms with Gasteiger partial charge < -0.3 is 9.53 Å². The Morgan fingerprint density at radius 1 is 0.870 bits per heavy atom. The zero-order valence-corrected chi connectivity index (χ0v) is 16.7. The third-order valence-corrected chi connectivity index (χ3v) is 9.25. The van der Waals surface area contributed by atoms with Crippen molar-refractivity contribution in [2.24, 2.45) is 0 Å². The number of hydrogen-bond donors (Lipinski definition) is 1. The Labute approximate surface area is 143 Å². The first-order valence-electron chi connectivity index (χ1n) is 8.94. The second kappa shape index (κ2) is 11.0. The van der Waals surface area contributed by atoms with E-state index in [1.54, 1.807) is 0 Å². The summed E-state index contributed by atoms with van der Waals surface area (Å²) < 4.78 is 6.07. The van der Waals surface area contributed by atoms with Gasteiger partial charge in [-0.3, -0.25) is 9.59 Å². The molecule has 0 aliphatic heterocycles. The van der Waals surface area contributed by atoms with E-state index in [-0.39, 0.29) is 11.5 Å². The lowest BCUT2D eigenvalue weighted by atomic mass is 10.1. The molecule has 0 radical (unpaired) electrons. The van der Waals surface area contributed by atoms with Gasteiger partial charge in [-0.05, 0) is 37.4 Å². The van der Waals surface area contributed by atoms with Crippen LogP contribution in [0.5, 0.6) is 0 Å². The number of rotatable bonds is 13. The van der Waals surface area contributed by atoms with Gasteiger partial charge in [0.15, 0.2) is 8.32 Å². The number of carboxylic acid groups (broad SMARTS) is 1. The molecular weight excluding hydrogens is 308 g/mol. The van der Waals surface area contributed by atoms with E-state index >= 15 is 0 Å². The molecule has 0 heterocycles. The van der Waals surface area contributed by atoms with Crippen molar-refractivity contribution in [3.63, 3.8) is 0 Å². The van der Waals surface area contributed by atoms with E-state index in [1.165, 1.54) is 0 Å². The lowest BCUT2D eigenvalue weighted by Gasteiger charge is -2.36. The van der Waals surface area contributed by atoms with Crippen molar-refractivity contribution >= 4 is 20.1 Å². The summed E-state index contributed by atoms with van der Waals surface area (Å²) in [4.78, 5) is 22.2. The predicted molar refractivity (Wildman–Crippen MR) is 97.3 cm³/mol. The molecule has 23 heavy (non-hydrogen) atoms. The summed E-state index contributed by atoms with van der Waals surface area (Å²) in [5, 5.41) is 8.75. The molecule has 0 rings (SSSR count). The van der Waals surface area contributed by atoms with Gasteiger partial charge in [0.25, 0.3) is 0 Å². The highest BCUT2D eigenvalue weighted by molar-refractivity contribution is 6.74. The molecule has 0 saturated heterocycles. The molecular formula is C18H36O4Si. The van der Waals surface area contributed by atoms with Crippen LogP contribution in [0, 0.1) is 0 Å². The maximum Gasteiger partial charge on any atom is 0.303 e. The van der Waals surface area contributed by atoms with E-state index in [2.05, 4.69) is 33.9 Å². The Kier molecular flexibility index (Phi) is 10.6. The van der Waals surface area contributed by atoms with E-state index in [1.807, 2.05) is 0 Å². The standard InChI is InChI=1S/C18H36O4Si/c1-18(2,3)23(4,5)22-15-11-13-16(19)12-9-7-6-8-10-14-17(20)21/h6-15H2,1-5H3,(H,20,21). The van der Waals surface area contributed by atoms with Crippen LogP contribution in [-0.4, -0.2) is 31.8 Å². The number of carbonyl (C=O) groups excluding carboxylic acids is 1. The second-order valence-electron chi connectivity index (χ2n) is 7.91. The Morgan fingerprint density at radius 2 is 1.35 bits per heavy atom. The smallest absolute Gasteiger partial charge is 0.303 e. The van der Waals surface area contributed by atoms with Crippen LogP contribution < -0.4 is 0 Å². The Bertz CT molecular complexity index is 359. The zero-order valence-electron chi connectivity index (χ0n) is 15.7. The SMILES string of the molecule is CC(C)(C)[Si](C)(C)OCCCC(=O)CCCCCCCC(=O)O. The number of carbonyl (C=O) groups is 2. The minimum absolute atomic E-state index is 0.220. The fourth-order valence-corrected chi connectivity index (χ4v) is 3.15. The van der Waals surface area contributed by atoms with Crippen molar-refractivity contribution in [3.8, 4) is 0 Å². The molecule has 0 amide bonds. The molecule has 0 aromatic heterocycles. The number of carboxylic acids is 1. The highest BCUT2D eigenvalue weighted by Gasteiger charge is 2.36. The Morgan fingerprint density at radius 3 is 1.87 bits per heavy atom. The molecule has 0 aromatic carbocycles. The lowest BCUT2D eigenvalue weighted by Crippen LogP contribution is -2.41. The molecule has 136 valence electrons. The summed E-state index contributed by atoms with van der Waals surface area (Å²) in [6, 6.07) is 0. The molecule has 5 heteroatoms. The lowest BCUT2D eigenvalue weighted by molar-refractivity contribution is -0.137. The number of unbranched alkanes of at least 4 members (excludes halogenated alkanes) is 4. The van der Waals surface area contributed by atoms with E-state index in [9.17, 15) is 9.59 Å². The highest BCUT2D eigenvalue weighted by atomic mass is 28.4. The van der Waals surface area contributed by atoms with Gasteiger partial charge in [-0.25, -0.2) is 0 Å². The van der Waals surface area contributed by atoms with Crippen LogP contribution in [0.15, 0.2) is 0 Å². The van der Waals surface area contributed by atoms with Gasteiger partial charge in [-0.15, -0.1) is 0 Å². The summed E-state index contributed by atoms with van der Waals surface area (Å²) in [6.45, 7) is 11.8. The summed E-state index contributed by atoms with van der Waals surface area (Å²) >= 11 is 0. The molecule has 0 spiro atoms. The summed E-state index contributed by atoms with van der Waals surface area (Å²) in [5.41, 5.74) is 0. The van der Waals surface area contributed by atoms with E-state index in [0.717, 1.165) is 38.5 Å². The maximum absolute atomic E-state index is 11.8. The molecule has 0 saturated carbocycles. The maximum atomic E-state index is 11.8. The summed E-state index contributed by atoms with van der Waals surface area (Å²) in [6.07, 6.45) is 7.01. The van der Waals surface area contributed by atoms with Gasteiger partial charge in [0.1, 0.15) is 5.78 Å².